The van der Waals surface area contributed by atoms with Gasteiger partial charge in [-0.25, -0.2) is 28.2 Å². The molecule has 0 unspecified atom stereocenters. The summed E-state index contributed by atoms with van der Waals surface area (Å²) in [7, 11) is -3.57. The van der Waals surface area contributed by atoms with Crippen LogP contribution in [0.25, 0.3) is 0 Å². The van der Waals surface area contributed by atoms with E-state index in [2.05, 4.69) is 26.9 Å². The van der Waals surface area contributed by atoms with Gasteiger partial charge in [0.15, 0.2) is 0 Å². The lowest BCUT2D eigenvalue weighted by Gasteiger charge is -2.37. The zero-order chi connectivity index (χ0) is 23.3. The maximum absolute atomic E-state index is 12.8. The minimum atomic E-state index is -3.57. The first-order valence-corrected chi connectivity index (χ1v) is 11.2. The molecule has 0 aliphatic carbocycles. The highest BCUT2D eigenvalue weighted by atomic mass is 32.2. The van der Waals surface area contributed by atoms with Crippen LogP contribution in [0.4, 0.5) is 10.6 Å². The second-order valence-corrected chi connectivity index (χ2v) is 10.3. The van der Waals surface area contributed by atoms with E-state index in [0.717, 1.165) is 6.26 Å². The molecule has 0 bridgehead atoms. The molecule has 11 heteroatoms. The van der Waals surface area contributed by atoms with Crippen LogP contribution in [0, 0.1) is 0 Å². The fourth-order valence-corrected chi connectivity index (χ4v) is 2.84. The second-order valence-electron chi connectivity index (χ2n) is 8.39. The largest absolute Gasteiger partial charge is 0.444 e. The summed E-state index contributed by atoms with van der Waals surface area (Å²) in [6, 6.07) is 1.18. The van der Waals surface area contributed by atoms with Crippen molar-refractivity contribution in [3.05, 3.63) is 24.9 Å². The first-order valence-electron chi connectivity index (χ1n) is 9.34. The summed E-state index contributed by atoms with van der Waals surface area (Å²) in [4.78, 5) is 26.5. The molecular formula is C19H32N6O4S. The SMILES string of the molecule is C=CC(=NC(C)(C)N(C[C@@H](C)N)C(=O)OC(C)(C)C)Nc1ccnc(S(C)(=O)=O)n1. The van der Waals surface area contributed by atoms with E-state index in [0.29, 0.717) is 0 Å². The quantitative estimate of drug-likeness (QED) is 0.373. The maximum atomic E-state index is 12.8. The Labute approximate surface area is 178 Å². The topological polar surface area (TPSA) is 140 Å². The number of nitrogens with zero attached hydrogens (tertiary/aromatic N) is 4. The van der Waals surface area contributed by atoms with Gasteiger partial charge in [-0.05, 0) is 53.7 Å². The third kappa shape index (κ3) is 8.07. The van der Waals surface area contributed by atoms with Gasteiger partial charge in [0, 0.05) is 25.0 Å². The third-order valence-corrected chi connectivity index (χ3v) is 4.41. The number of nitrogens with two attached hydrogens (primary N) is 1. The number of hydrogen-bond acceptors (Lipinski definition) is 8. The van der Waals surface area contributed by atoms with Gasteiger partial charge in [-0.1, -0.05) is 6.58 Å². The number of amides is 1. The molecule has 0 fully saturated rings. The van der Waals surface area contributed by atoms with Crippen molar-refractivity contribution in [2.24, 2.45) is 10.7 Å². The van der Waals surface area contributed by atoms with Gasteiger partial charge >= 0.3 is 6.09 Å². The molecule has 1 atom stereocenters. The van der Waals surface area contributed by atoms with E-state index in [1.807, 2.05) is 0 Å². The van der Waals surface area contributed by atoms with Crippen molar-refractivity contribution < 1.29 is 17.9 Å². The summed E-state index contributed by atoms with van der Waals surface area (Å²) in [5.41, 5.74) is 4.19. The average Bonchev–Trinajstić information content (AvgIpc) is 2.56. The highest BCUT2D eigenvalue weighted by molar-refractivity contribution is 7.90. The number of carbonyl (C=O) groups is 1. The minimum absolute atomic E-state index is 0.210. The summed E-state index contributed by atoms with van der Waals surface area (Å²) >= 11 is 0. The number of ether oxygens (including phenoxy) is 1. The smallest absolute Gasteiger partial charge is 0.412 e. The van der Waals surface area contributed by atoms with E-state index >= 15 is 0 Å². The lowest BCUT2D eigenvalue weighted by atomic mass is 10.1. The Hall–Kier alpha value is -2.53. The Morgan fingerprint density at radius 3 is 2.47 bits per heavy atom. The lowest BCUT2D eigenvalue weighted by molar-refractivity contribution is 0.00347. The molecule has 0 radical (unpaired) electrons. The summed E-state index contributed by atoms with van der Waals surface area (Å²) in [6.45, 7) is 14.5. The number of anilines is 1. The fraction of sp³-hybridized carbons (Fsp3) is 0.579. The van der Waals surface area contributed by atoms with Gasteiger partial charge in [-0.2, -0.15) is 0 Å². The van der Waals surface area contributed by atoms with Gasteiger partial charge in [0.2, 0.25) is 15.0 Å². The molecule has 1 aromatic heterocycles. The molecule has 0 aromatic carbocycles. The van der Waals surface area contributed by atoms with Crippen molar-refractivity contribution in [3.63, 3.8) is 0 Å². The maximum Gasteiger partial charge on any atom is 0.412 e. The highest BCUT2D eigenvalue weighted by Crippen LogP contribution is 2.21. The summed E-state index contributed by atoms with van der Waals surface area (Å²) in [6.07, 6.45) is 3.21. The molecule has 10 nitrogen and oxygen atoms in total. The van der Waals surface area contributed by atoms with Crippen LogP contribution in [0.5, 0.6) is 0 Å². The zero-order valence-corrected chi connectivity index (χ0v) is 19.4. The van der Waals surface area contributed by atoms with E-state index in [9.17, 15) is 13.2 Å². The molecule has 0 saturated heterocycles. The van der Waals surface area contributed by atoms with Crippen LogP contribution in [-0.2, 0) is 14.6 Å². The van der Waals surface area contributed by atoms with Gasteiger partial charge < -0.3 is 15.8 Å². The number of aliphatic imine (C=N–C) groups is 1. The molecule has 0 aliphatic rings. The molecule has 3 N–H and O–H groups in total. The summed E-state index contributed by atoms with van der Waals surface area (Å²) < 4.78 is 28.9. The first kappa shape index (κ1) is 25.5. The van der Waals surface area contributed by atoms with E-state index in [1.165, 1.54) is 23.2 Å². The van der Waals surface area contributed by atoms with E-state index in [-0.39, 0.29) is 29.4 Å². The van der Waals surface area contributed by atoms with Crippen LogP contribution in [0.15, 0.2) is 35.1 Å². The van der Waals surface area contributed by atoms with Gasteiger partial charge in [0.05, 0.1) is 0 Å². The van der Waals surface area contributed by atoms with Crippen LogP contribution in [0.1, 0.15) is 41.5 Å². The van der Waals surface area contributed by atoms with E-state index in [4.69, 9.17) is 10.5 Å². The second kappa shape index (κ2) is 9.52. The molecule has 168 valence electrons. The molecule has 1 aromatic rings. The number of aromatic nitrogens is 2. The number of rotatable bonds is 7. The molecule has 1 heterocycles. The van der Waals surface area contributed by atoms with Crippen molar-refractivity contribution >= 4 is 27.6 Å². The molecule has 0 aliphatic heterocycles. The van der Waals surface area contributed by atoms with Crippen LogP contribution >= 0.6 is 0 Å². The van der Waals surface area contributed by atoms with Gasteiger partial charge in [-0.15, -0.1) is 0 Å². The Kier molecular flexibility index (Phi) is 8.09. The minimum Gasteiger partial charge on any atom is -0.444 e. The lowest BCUT2D eigenvalue weighted by Crippen LogP contribution is -2.53. The normalized spacial score (nSPS) is 14.1. The van der Waals surface area contributed by atoms with E-state index in [1.54, 1.807) is 41.5 Å². The summed E-state index contributed by atoms with van der Waals surface area (Å²) in [5, 5.41) is 2.58. The van der Waals surface area contributed by atoms with Crippen molar-refractivity contribution in [1.82, 2.24) is 14.9 Å². The highest BCUT2D eigenvalue weighted by Gasteiger charge is 2.34. The van der Waals surface area contributed by atoms with Crippen LogP contribution in [-0.4, -0.2) is 65.3 Å². The van der Waals surface area contributed by atoms with Crippen molar-refractivity contribution in [2.45, 2.75) is 64.0 Å². The molecular weight excluding hydrogens is 408 g/mol. The standard InChI is InChI=1S/C19H32N6O4S/c1-9-14(22-15-10-11-21-16(23-15)30(8,27)28)24-19(6,7)25(12-13(2)20)17(26)29-18(3,4)5/h9-11,13H,1,12,20H2,2-8H3,(H,21,22,23,24)/t13-/m1/s1. The number of carbonyl (C=O) groups excluding carboxylic acids is 1. The predicted molar refractivity (Wildman–Crippen MR) is 117 cm³/mol. The predicted octanol–water partition coefficient (Wildman–Crippen LogP) is 2.20. The van der Waals surface area contributed by atoms with Crippen LogP contribution in [0.2, 0.25) is 0 Å². The van der Waals surface area contributed by atoms with E-state index < -0.39 is 27.2 Å². The molecule has 1 rings (SSSR count). The van der Waals surface area contributed by atoms with Crippen LogP contribution in [0.3, 0.4) is 0 Å². The fourth-order valence-electron chi connectivity index (χ4n) is 2.33. The molecule has 30 heavy (non-hydrogen) atoms. The van der Waals surface area contributed by atoms with Crippen LogP contribution < -0.4 is 11.1 Å². The van der Waals surface area contributed by atoms with Gasteiger partial charge in [0.1, 0.15) is 22.9 Å². The van der Waals surface area contributed by atoms with Crippen molar-refractivity contribution in [3.8, 4) is 0 Å². The first-order chi connectivity index (χ1) is 13.5. The number of hydrogen-bond donors (Lipinski definition) is 2. The average molecular weight is 441 g/mol. The zero-order valence-electron chi connectivity index (χ0n) is 18.6. The number of amidine groups is 1. The van der Waals surface area contributed by atoms with Crippen molar-refractivity contribution in [2.75, 3.05) is 18.1 Å². The number of nitrogens with one attached hydrogen (secondary N) is 1. The number of sulfone groups is 1. The third-order valence-electron chi connectivity index (χ3n) is 3.55. The van der Waals surface area contributed by atoms with Gasteiger partial charge in [-0.3, -0.25) is 4.90 Å². The molecule has 1 amide bonds. The monoisotopic (exact) mass is 440 g/mol. The Morgan fingerprint density at radius 2 is 2.00 bits per heavy atom. The summed E-state index contributed by atoms with van der Waals surface area (Å²) in [5.74, 6) is 0.493. The van der Waals surface area contributed by atoms with Gasteiger partial charge in [0.25, 0.3) is 0 Å². The molecule has 0 saturated carbocycles. The Balaban J connectivity index is 3.25. The van der Waals surface area contributed by atoms with Crippen molar-refractivity contribution in [1.29, 1.82) is 0 Å². The molecule has 0 spiro atoms. The Morgan fingerprint density at radius 1 is 1.40 bits per heavy atom. The Bertz CT molecular complexity index is 904.